The maximum absolute atomic E-state index is 12.8. The molecule has 0 aromatic heterocycles. The van der Waals surface area contributed by atoms with Gasteiger partial charge in [0.05, 0.1) is 21.3 Å². The minimum absolute atomic E-state index is 0.0272. The van der Waals surface area contributed by atoms with Crippen molar-refractivity contribution in [2.24, 2.45) is 0 Å². The molecule has 1 N–H and O–H groups in total. The first kappa shape index (κ1) is 23.5. The van der Waals surface area contributed by atoms with Crippen LogP contribution in [0.5, 0.6) is 17.2 Å². The number of likely N-dealkylation sites (N-methyl/N-ethyl adjacent to an activating group) is 1. The fourth-order valence-electron chi connectivity index (χ4n) is 3.46. The molecule has 0 aliphatic rings. The first-order valence-corrected chi connectivity index (χ1v) is 10.2. The summed E-state index contributed by atoms with van der Waals surface area (Å²) in [6.07, 6.45) is 0.831. The van der Waals surface area contributed by atoms with Crippen LogP contribution in [-0.4, -0.2) is 51.8 Å². The van der Waals surface area contributed by atoms with E-state index in [9.17, 15) is 4.79 Å². The van der Waals surface area contributed by atoms with Gasteiger partial charge in [0.2, 0.25) is 0 Å². The molecule has 0 fully saturated rings. The van der Waals surface area contributed by atoms with E-state index < -0.39 is 0 Å². The molecule has 0 aliphatic heterocycles. The van der Waals surface area contributed by atoms with E-state index in [2.05, 4.69) is 44.1 Å². The third kappa shape index (κ3) is 5.89. The SMILES string of the molecule is CCC(CN(C)Cc1ccc(OC)c(C)c1C)NC(=O)c1cc(OC)cc(OC)c1. The van der Waals surface area contributed by atoms with Crippen molar-refractivity contribution in [3.63, 3.8) is 0 Å². The van der Waals surface area contributed by atoms with Crippen LogP contribution in [0.15, 0.2) is 30.3 Å². The predicted octanol–water partition coefficient (Wildman–Crippen LogP) is 3.97. The minimum Gasteiger partial charge on any atom is -0.497 e. The highest BCUT2D eigenvalue weighted by atomic mass is 16.5. The van der Waals surface area contributed by atoms with Crippen molar-refractivity contribution < 1.29 is 19.0 Å². The van der Waals surface area contributed by atoms with Gasteiger partial charge in [-0.25, -0.2) is 0 Å². The summed E-state index contributed by atoms with van der Waals surface area (Å²) in [5.74, 6) is 1.96. The highest BCUT2D eigenvalue weighted by Gasteiger charge is 2.17. The molecule has 2 aromatic carbocycles. The Balaban J connectivity index is 2.05. The minimum atomic E-state index is -0.135. The van der Waals surface area contributed by atoms with E-state index in [0.29, 0.717) is 17.1 Å². The lowest BCUT2D eigenvalue weighted by atomic mass is 10.0. The molecule has 6 nitrogen and oxygen atoms in total. The molecule has 0 saturated heterocycles. The van der Waals surface area contributed by atoms with Crippen LogP contribution in [0, 0.1) is 13.8 Å². The Hall–Kier alpha value is -2.73. The Morgan fingerprint density at radius 2 is 1.63 bits per heavy atom. The third-order valence-corrected chi connectivity index (χ3v) is 5.48. The van der Waals surface area contributed by atoms with Gasteiger partial charge in [-0.1, -0.05) is 13.0 Å². The van der Waals surface area contributed by atoms with E-state index in [0.717, 1.165) is 30.8 Å². The summed E-state index contributed by atoms with van der Waals surface area (Å²) in [7, 11) is 6.91. The molecule has 2 rings (SSSR count). The number of carbonyl (C=O) groups is 1. The van der Waals surface area contributed by atoms with Crippen molar-refractivity contribution in [1.29, 1.82) is 0 Å². The number of methoxy groups -OCH3 is 3. The summed E-state index contributed by atoms with van der Waals surface area (Å²) >= 11 is 0. The van der Waals surface area contributed by atoms with E-state index >= 15 is 0 Å². The molecule has 1 atom stereocenters. The molecule has 0 radical (unpaired) electrons. The van der Waals surface area contributed by atoms with Crippen molar-refractivity contribution in [3.8, 4) is 17.2 Å². The first-order chi connectivity index (χ1) is 14.3. The number of amides is 1. The van der Waals surface area contributed by atoms with Gasteiger partial charge in [-0.15, -0.1) is 0 Å². The fraction of sp³-hybridized carbons (Fsp3) is 0.458. The molecule has 6 heteroatoms. The van der Waals surface area contributed by atoms with Gasteiger partial charge in [-0.05, 0) is 62.2 Å². The van der Waals surface area contributed by atoms with Crippen LogP contribution < -0.4 is 19.5 Å². The first-order valence-electron chi connectivity index (χ1n) is 10.2. The van der Waals surface area contributed by atoms with Gasteiger partial charge in [0.1, 0.15) is 17.2 Å². The zero-order valence-electron chi connectivity index (χ0n) is 19.2. The van der Waals surface area contributed by atoms with Gasteiger partial charge in [-0.2, -0.15) is 0 Å². The van der Waals surface area contributed by atoms with Gasteiger partial charge in [0, 0.05) is 30.8 Å². The summed E-state index contributed by atoms with van der Waals surface area (Å²) in [4.78, 5) is 15.0. The van der Waals surface area contributed by atoms with E-state index in [-0.39, 0.29) is 11.9 Å². The lowest BCUT2D eigenvalue weighted by Crippen LogP contribution is -2.42. The summed E-state index contributed by atoms with van der Waals surface area (Å²) in [5, 5.41) is 3.13. The molecule has 0 bridgehead atoms. The number of hydrogen-bond acceptors (Lipinski definition) is 5. The Morgan fingerprint density at radius 3 is 2.17 bits per heavy atom. The smallest absolute Gasteiger partial charge is 0.251 e. The van der Waals surface area contributed by atoms with Crippen LogP contribution >= 0.6 is 0 Å². The molecular weight excluding hydrogens is 380 g/mol. The monoisotopic (exact) mass is 414 g/mol. The molecule has 1 unspecified atom stereocenters. The van der Waals surface area contributed by atoms with Crippen LogP contribution in [0.25, 0.3) is 0 Å². The number of benzene rings is 2. The topological polar surface area (TPSA) is 60.0 Å². The van der Waals surface area contributed by atoms with Gasteiger partial charge in [-0.3, -0.25) is 4.79 Å². The largest absolute Gasteiger partial charge is 0.497 e. The van der Waals surface area contributed by atoms with E-state index in [1.54, 1.807) is 39.5 Å². The summed E-state index contributed by atoms with van der Waals surface area (Å²) < 4.78 is 15.9. The second-order valence-electron chi connectivity index (χ2n) is 7.55. The predicted molar refractivity (Wildman–Crippen MR) is 120 cm³/mol. The fourth-order valence-corrected chi connectivity index (χ4v) is 3.46. The van der Waals surface area contributed by atoms with Crippen LogP contribution in [-0.2, 0) is 6.54 Å². The van der Waals surface area contributed by atoms with E-state index in [1.165, 1.54) is 11.1 Å². The maximum Gasteiger partial charge on any atom is 0.251 e. The van der Waals surface area contributed by atoms with Crippen LogP contribution in [0.1, 0.15) is 40.4 Å². The standard InChI is InChI=1S/C24H34N2O4/c1-8-20(25-24(27)19-11-21(28-5)13-22(12-19)29-6)15-26(4)14-18-9-10-23(30-7)17(3)16(18)2/h9-13,20H,8,14-15H2,1-7H3,(H,25,27). The summed E-state index contributed by atoms with van der Waals surface area (Å²) in [5.41, 5.74) is 4.18. The van der Waals surface area contributed by atoms with E-state index in [4.69, 9.17) is 14.2 Å². The molecule has 2 aromatic rings. The second kappa shape index (κ2) is 10.9. The molecule has 30 heavy (non-hydrogen) atoms. The quantitative estimate of drug-likeness (QED) is 0.637. The van der Waals surface area contributed by atoms with Crippen molar-refractivity contribution in [1.82, 2.24) is 10.2 Å². The third-order valence-electron chi connectivity index (χ3n) is 5.48. The Morgan fingerprint density at radius 1 is 1.00 bits per heavy atom. The lowest BCUT2D eigenvalue weighted by molar-refractivity contribution is 0.0925. The number of ether oxygens (including phenoxy) is 3. The normalized spacial score (nSPS) is 11.9. The molecular formula is C24H34N2O4. The van der Waals surface area contributed by atoms with Crippen molar-refractivity contribution in [2.75, 3.05) is 34.9 Å². The average molecular weight is 415 g/mol. The molecule has 0 saturated carbocycles. The molecule has 164 valence electrons. The van der Waals surface area contributed by atoms with Crippen molar-refractivity contribution in [2.45, 2.75) is 39.8 Å². The zero-order chi connectivity index (χ0) is 22.3. The van der Waals surface area contributed by atoms with Crippen LogP contribution in [0.3, 0.4) is 0 Å². The Labute approximate surface area is 180 Å². The lowest BCUT2D eigenvalue weighted by Gasteiger charge is -2.25. The maximum atomic E-state index is 12.8. The van der Waals surface area contributed by atoms with Crippen molar-refractivity contribution in [3.05, 3.63) is 52.6 Å². The number of nitrogens with one attached hydrogen (secondary N) is 1. The highest BCUT2D eigenvalue weighted by molar-refractivity contribution is 5.95. The van der Waals surface area contributed by atoms with Gasteiger partial charge < -0.3 is 24.4 Å². The molecule has 0 spiro atoms. The van der Waals surface area contributed by atoms with Crippen LogP contribution in [0.2, 0.25) is 0 Å². The molecule has 0 heterocycles. The number of carbonyl (C=O) groups excluding carboxylic acids is 1. The summed E-state index contributed by atoms with van der Waals surface area (Å²) in [6.45, 7) is 7.82. The Kier molecular flexibility index (Phi) is 8.54. The zero-order valence-corrected chi connectivity index (χ0v) is 19.2. The van der Waals surface area contributed by atoms with Gasteiger partial charge in [0.25, 0.3) is 5.91 Å². The second-order valence-corrected chi connectivity index (χ2v) is 7.55. The van der Waals surface area contributed by atoms with Gasteiger partial charge >= 0.3 is 0 Å². The summed E-state index contributed by atoms with van der Waals surface area (Å²) in [6, 6.07) is 9.34. The number of hydrogen-bond donors (Lipinski definition) is 1. The number of rotatable bonds is 10. The molecule has 0 aliphatic carbocycles. The Bertz CT molecular complexity index is 844. The van der Waals surface area contributed by atoms with Crippen molar-refractivity contribution >= 4 is 5.91 Å². The average Bonchev–Trinajstić information content (AvgIpc) is 2.76. The number of nitrogens with zero attached hydrogens (tertiary/aromatic N) is 1. The van der Waals surface area contributed by atoms with E-state index in [1.807, 2.05) is 6.07 Å². The van der Waals surface area contributed by atoms with Crippen LogP contribution in [0.4, 0.5) is 0 Å². The van der Waals surface area contributed by atoms with Gasteiger partial charge in [0.15, 0.2) is 0 Å². The molecule has 1 amide bonds. The highest BCUT2D eigenvalue weighted by Crippen LogP contribution is 2.25.